The maximum Gasteiger partial charge on any atom is 0.0934 e. The van der Waals surface area contributed by atoms with E-state index in [-0.39, 0.29) is 0 Å². The van der Waals surface area contributed by atoms with E-state index in [1.807, 2.05) is 22.6 Å². The highest BCUT2D eigenvalue weighted by Gasteiger charge is 1.76. The van der Waals surface area contributed by atoms with Crippen LogP contribution in [0.3, 0.4) is 0 Å². The highest BCUT2D eigenvalue weighted by atomic mass is 127. The fraction of sp³-hybridized carbons (Fsp3) is 0.500. The molecule has 0 saturated carbocycles. The van der Waals surface area contributed by atoms with Crippen molar-refractivity contribution < 1.29 is 0 Å². The van der Waals surface area contributed by atoms with Crippen molar-refractivity contribution in [3.8, 4) is 0 Å². The second kappa shape index (κ2) is 6.07. The molecule has 0 spiro atoms. The van der Waals surface area contributed by atoms with Crippen LogP contribution in [0.1, 0.15) is 13.3 Å². The molecule has 0 aliphatic carbocycles. The molecule has 2 N–H and O–H groups in total. The quantitative estimate of drug-likeness (QED) is 0.438. The largest absolute Gasteiger partial charge is 0.391 e. The Morgan fingerprint density at radius 1 is 1.78 bits per heavy atom. The third kappa shape index (κ3) is 7.94. The van der Waals surface area contributed by atoms with Gasteiger partial charge in [0.25, 0.3) is 0 Å². The van der Waals surface area contributed by atoms with Crippen LogP contribution in [0.25, 0.3) is 0 Å². The van der Waals surface area contributed by atoms with Crippen LogP contribution >= 0.6 is 22.6 Å². The molecule has 0 radical (unpaired) electrons. The third-order valence-corrected chi connectivity index (χ3v) is 1.10. The third-order valence-electron chi connectivity index (χ3n) is 0.742. The van der Waals surface area contributed by atoms with E-state index in [9.17, 15) is 0 Å². The Kier molecular flexibility index (Phi) is 6.03. The Bertz CT molecular complexity index is 110. The second-order valence-corrected chi connectivity index (χ2v) is 2.80. The van der Waals surface area contributed by atoms with Gasteiger partial charge in [0.05, 0.1) is 3.72 Å². The Morgan fingerprint density at radius 3 is 2.89 bits per heavy atom. The zero-order valence-corrected chi connectivity index (χ0v) is 7.60. The van der Waals surface area contributed by atoms with Crippen molar-refractivity contribution in [1.29, 1.82) is 5.41 Å². The van der Waals surface area contributed by atoms with Gasteiger partial charge in [-0.25, -0.2) is 0 Å². The van der Waals surface area contributed by atoms with Crippen LogP contribution in [0.2, 0.25) is 0 Å². The number of nitrogens with one attached hydrogen (secondary N) is 2. The van der Waals surface area contributed by atoms with Crippen molar-refractivity contribution in [2.45, 2.75) is 13.3 Å². The van der Waals surface area contributed by atoms with Gasteiger partial charge in [0.1, 0.15) is 0 Å². The summed E-state index contributed by atoms with van der Waals surface area (Å²) in [7, 11) is 0. The molecule has 0 aliphatic heterocycles. The molecule has 9 heavy (non-hydrogen) atoms. The molecule has 0 aliphatic rings. The molecule has 0 heterocycles. The van der Waals surface area contributed by atoms with Crippen molar-refractivity contribution in [2.24, 2.45) is 0 Å². The molecule has 0 aromatic heterocycles. The monoisotopic (exact) mass is 238 g/mol. The van der Waals surface area contributed by atoms with E-state index in [1.165, 1.54) is 0 Å². The zero-order chi connectivity index (χ0) is 7.11. The molecule has 2 nitrogen and oxygen atoms in total. The first-order valence-corrected chi connectivity index (χ1v) is 3.99. The minimum absolute atomic E-state index is 0.552. The van der Waals surface area contributed by atoms with Crippen LogP contribution in [0.4, 0.5) is 0 Å². The van der Waals surface area contributed by atoms with Crippen LogP contribution in [0.5, 0.6) is 0 Å². The SMILES string of the molecule is CCCNC=CC(=N)I. The summed E-state index contributed by atoms with van der Waals surface area (Å²) in [6, 6.07) is 0. The predicted octanol–water partition coefficient (Wildman–Crippen LogP) is 1.91. The lowest BCUT2D eigenvalue weighted by molar-refractivity contribution is 0.810. The van der Waals surface area contributed by atoms with Gasteiger partial charge in [0.15, 0.2) is 0 Å². The van der Waals surface area contributed by atoms with Crippen LogP contribution in [-0.4, -0.2) is 10.3 Å². The number of rotatable bonds is 4. The predicted molar refractivity (Wildman–Crippen MR) is 49.2 cm³/mol. The number of halogens is 1. The van der Waals surface area contributed by atoms with E-state index in [0.717, 1.165) is 13.0 Å². The molecule has 3 heteroatoms. The minimum Gasteiger partial charge on any atom is -0.391 e. The van der Waals surface area contributed by atoms with E-state index >= 15 is 0 Å². The molecule has 0 aromatic carbocycles. The molecular weight excluding hydrogens is 227 g/mol. The van der Waals surface area contributed by atoms with Crippen molar-refractivity contribution in [1.82, 2.24) is 5.32 Å². The summed E-state index contributed by atoms with van der Waals surface area (Å²) < 4.78 is 0.552. The molecular formula is C6H11IN2. The lowest BCUT2D eigenvalue weighted by atomic mass is 10.5. The fourth-order valence-electron chi connectivity index (χ4n) is 0.360. The van der Waals surface area contributed by atoms with Gasteiger partial charge in [0.2, 0.25) is 0 Å². The highest BCUT2D eigenvalue weighted by molar-refractivity contribution is 14.1. The summed E-state index contributed by atoms with van der Waals surface area (Å²) in [6.45, 7) is 3.09. The number of allylic oxidation sites excluding steroid dienone is 1. The van der Waals surface area contributed by atoms with E-state index in [4.69, 9.17) is 5.41 Å². The Hall–Kier alpha value is -0.0600. The topological polar surface area (TPSA) is 35.9 Å². The summed E-state index contributed by atoms with van der Waals surface area (Å²) in [5.74, 6) is 0. The zero-order valence-electron chi connectivity index (χ0n) is 5.45. The van der Waals surface area contributed by atoms with Gasteiger partial charge in [-0.3, -0.25) is 5.41 Å². The minimum atomic E-state index is 0.552. The maximum atomic E-state index is 6.99. The standard InChI is InChI=1S/C6H11IN2/c1-2-4-9-5-3-6(7)8/h3,5,8-9H,2,4H2,1H3. The second-order valence-electron chi connectivity index (χ2n) is 1.64. The van der Waals surface area contributed by atoms with E-state index in [1.54, 1.807) is 12.3 Å². The van der Waals surface area contributed by atoms with Crippen molar-refractivity contribution in [3.63, 3.8) is 0 Å². The van der Waals surface area contributed by atoms with Crippen molar-refractivity contribution >= 4 is 26.3 Å². The van der Waals surface area contributed by atoms with Gasteiger partial charge in [-0.2, -0.15) is 0 Å². The molecule has 0 rings (SSSR count). The Labute approximate surface area is 69.4 Å². The molecule has 0 unspecified atom stereocenters. The number of hydrogen-bond acceptors (Lipinski definition) is 2. The van der Waals surface area contributed by atoms with Crippen LogP contribution in [0.15, 0.2) is 12.3 Å². The van der Waals surface area contributed by atoms with Gasteiger partial charge < -0.3 is 5.32 Å². The van der Waals surface area contributed by atoms with Gasteiger partial charge >= 0.3 is 0 Å². The van der Waals surface area contributed by atoms with Crippen LogP contribution in [0, 0.1) is 5.41 Å². The molecule has 0 atom stereocenters. The first kappa shape index (κ1) is 8.94. The highest BCUT2D eigenvalue weighted by Crippen LogP contribution is 1.85. The average molecular weight is 238 g/mol. The van der Waals surface area contributed by atoms with Gasteiger partial charge in [-0.05, 0) is 41.3 Å². The lowest BCUT2D eigenvalue weighted by Gasteiger charge is -1.92. The smallest absolute Gasteiger partial charge is 0.0934 e. The first-order valence-electron chi connectivity index (χ1n) is 2.91. The van der Waals surface area contributed by atoms with Gasteiger partial charge in [-0.15, -0.1) is 0 Å². The Balaban J connectivity index is 3.15. The normalized spacial score (nSPS) is 10.0. The van der Waals surface area contributed by atoms with Crippen LogP contribution in [-0.2, 0) is 0 Å². The van der Waals surface area contributed by atoms with E-state index in [2.05, 4.69) is 12.2 Å². The molecule has 0 aromatic rings. The summed E-state index contributed by atoms with van der Waals surface area (Å²) in [6.07, 6.45) is 4.66. The average Bonchev–Trinajstić information content (AvgIpc) is 1.80. The summed E-state index contributed by atoms with van der Waals surface area (Å²) >= 11 is 1.95. The maximum absolute atomic E-state index is 6.99. The molecule has 0 fully saturated rings. The molecule has 52 valence electrons. The Morgan fingerprint density at radius 2 is 2.44 bits per heavy atom. The van der Waals surface area contributed by atoms with Gasteiger partial charge in [-0.1, -0.05) is 6.92 Å². The van der Waals surface area contributed by atoms with Crippen molar-refractivity contribution in [2.75, 3.05) is 6.54 Å². The first-order chi connectivity index (χ1) is 4.27. The van der Waals surface area contributed by atoms with E-state index < -0.39 is 0 Å². The number of hydrogen-bond donors (Lipinski definition) is 2. The van der Waals surface area contributed by atoms with Gasteiger partial charge in [0, 0.05) is 6.54 Å². The van der Waals surface area contributed by atoms with Crippen LogP contribution < -0.4 is 5.32 Å². The molecule has 0 bridgehead atoms. The lowest BCUT2D eigenvalue weighted by Crippen LogP contribution is -2.04. The molecule has 0 saturated heterocycles. The summed E-state index contributed by atoms with van der Waals surface area (Å²) in [5.41, 5.74) is 0. The summed E-state index contributed by atoms with van der Waals surface area (Å²) in [5, 5.41) is 10.0. The molecule has 0 amide bonds. The van der Waals surface area contributed by atoms with E-state index in [0.29, 0.717) is 3.72 Å². The fourth-order valence-corrected chi connectivity index (χ4v) is 0.540. The summed E-state index contributed by atoms with van der Waals surface area (Å²) in [4.78, 5) is 0. The van der Waals surface area contributed by atoms with Crippen molar-refractivity contribution in [3.05, 3.63) is 12.3 Å².